The summed E-state index contributed by atoms with van der Waals surface area (Å²) >= 11 is 0. The maximum atomic E-state index is 11.6. The Morgan fingerprint density at radius 2 is 1.55 bits per heavy atom. The van der Waals surface area contributed by atoms with Crippen molar-refractivity contribution in [1.29, 1.82) is 0 Å². The van der Waals surface area contributed by atoms with Crippen LogP contribution in [0.4, 0.5) is 5.82 Å². The lowest BCUT2D eigenvalue weighted by Crippen LogP contribution is -2.24. The molecular weight excluding hydrogens is 550 g/mol. The van der Waals surface area contributed by atoms with E-state index in [0.717, 1.165) is 54.4 Å². The molecule has 11 heteroatoms. The Hall–Kier alpha value is -3.80. The highest BCUT2D eigenvalue weighted by atomic mass is 32.2. The maximum Gasteiger partial charge on any atom is 0.175 e. The van der Waals surface area contributed by atoms with Crippen molar-refractivity contribution in [3.8, 4) is 5.75 Å². The van der Waals surface area contributed by atoms with E-state index in [1.54, 1.807) is 18.3 Å². The number of aromatic nitrogens is 1. The van der Waals surface area contributed by atoms with Crippen LogP contribution < -0.4 is 10.5 Å². The number of nitrogens with zero attached hydrogens (tertiary/aromatic N) is 2. The highest BCUT2D eigenvalue weighted by molar-refractivity contribution is 7.91. The molecule has 4 aromatic rings. The summed E-state index contributed by atoms with van der Waals surface area (Å²) in [6, 6.07) is 20.7. The molecule has 0 amide bonds. The van der Waals surface area contributed by atoms with E-state index < -0.39 is 19.7 Å². The first-order chi connectivity index (χ1) is 18.9. The van der Waals surface area contributed by atoms with E-state index in [9.17, 15) is 21.6 Å². The van der Waals surface area contributed by atoms with Crippen LogP contribution >= 0.6 is 0 Å². The summed E-state index contributed by atoms with van der Waals surface area (Å²) < 4.78 is 51.2. The minimum absolute atomic E-state index is 0.131. The van der Waals surface area contributed by atoms with E-state index in [2.05, 4.69) is 9.88 Å². The van der Waals surface area contributed by atoms with Crippen LogP contribution in [0.1, 0.15) is 22.3 Å². The van der Waals surface area contributed by atoms with Crippen molar-refractivity contribution < 1.29 is 26.4 Å². The monoisotopic (exact) mass is 581 g/mol. The molecule has 0 aliphatic carbocycles. The Kier molecular flexibility index (Phi) is 8.87. The number of pyridine rings is 1. The van der Waals surface area contributed by atoms with Crippen molar-refractivity contribution in [3.63, 3.8) is 0 Å². The second kappa shape index (κ2) is 12.2. The number of likely N-dealkylation sites (tertiary alicyclic amines) is 1. The summed E-state index contributed by atoms with van der Waals surface area (Å²) in [6.45, 7) is 2.57. The van der Waals surface area contributed by atoms with E-state index in [-0.39, 0.29) is 11.0 Å². The summed E-state index contributed by atoms with van der Waals surface area (Å²) in [5.41, 5.74) is 7.48. The quantitative estimate of drug-likeness (QED) is 0.323. The maximum absolute atomic E-state index is 11.6. The van der Waals surface area contributed by atoms with E-state index in [1.807, 2.05) is 36.4 Å². The summed E-state index contributed by atoms with van der Waals surface area (Å²) in [6.07, 6.45) is 5.81. The predicted molar refractivity (Wildman–Crippen MR) is 155 cm³/mol. The molecule has 2 heterocycles. The number of carbonyl (C=O) groups excluding carboxylic acids is 1. The fourth-order valence-electron chi connectivity index (χ4n) is 4.38. The zero-order valence-corrected chi connectivity index (χ0v) is 23.9. The van der Waals surface area contributed by atoms with E-state index >= 15 is 0 Å². The third-order valence-electron chi connectivity index (χ3n) is 6.50. The van der Waals surface area contributed by atoms with Crippen molar-refractivity contribution in [2.75, 3.05) is 31.3 Å². The number of aldehydes is 1. The second-order valence-electron chi connectivity index (χ2n) is 9.72. The number of fused-ring (bicyclic) bond motifs is 1. The van der Waals surface area contributed by atoms with Crippen molar-refractivity contribution in [3.05, 3.63) is 90.1 Å². The van der Waals surface area contributed by atoms with Crippen molar-refractivity contribution in [2.24, 2.45) is 0 Å². The van der Waals surface area contributed by atoms with Gasteiger partial charge in [0.25, 0.3) is 0 Å². The van der Waals surface area contributed by atoms with Crippen LogP contribution in [0.25, 0.3) is 10.8 Å². The number of benzene rings is 3. The summed E-state index contributed by atoms with van der Waals surface area (Å²) in [5.74, 6) is 1.36. The molecule has 1 atom stereocenters. The van der Waals surface area contributed by atoms with Crippen LogP contribution in [0.2, 0.25) is 0 Å². The standard InChI is InChI=1S/C21H23N3O3S.C8H8O3S/c1-28(25,26)19-5-2-15(3-6-19)13-24-11-9-18(14-24)27-17-4-7-20-16(12-17)8-10-23-21(20)22;1-12(10,11)8-4-2-7(6-9)3-5-8/h2-8,10,12,18H,9,11,13-14H2,1H3,(H2,22,23);2-6H,1H3/t18-;/m0./s1. The normalized spacial score (nSPS) is 15.8. The Balaban J connectivity index is 0.000000259. The predicted octanol–water partition coefficient (Wildman–Crippen LogP) is 3.78. The highest BCUT2D eigenvalue weighted by Crippen LogP contribution is 2.26. The Labute approximate surface area is 234 Å². The first kappa shape index (κ1) is 29.2. The molecule has 9 nitrogen and oxygen atoms in total. The number of carbonyl (C=O) groups is 1. The van der Waals surface area contributed by atoms with Crippen LogP contribution in [-0.2, 0) is 26.2 Å². The van der Waals surface area contributed by atoms with E-state index in [4.69, 9.17) is 10.5 Å². The molecule has 1 aromatic heterocycles. The Bertz CT molecular complexity index is 1710. The van der Waals surface area contributed by atoms with Gasteiger partial charge in [-0.05, 0) is 65.9 Å². The van der Waals surface area contributed by atoms with Gasteiger partial charge in [0.1, 0.15) is 24.0 Å². The summed E-state index contributed by atoms with van der Waals surface area (Å²) in [7, 11) is -6.30. The van der Waals surface area contributed by atoms with Gasteiger partial charge in [-0.3, -0.25) is 9.69 Å². The van der Waals surface area contributed by atoms with Crippen LogP contribution in [-0.4, -0.2) is 64.7 Å². The minimum atomic E-state index is -3.15. The average molecular weight is 582 g/mol. The molecule has 1 saturated heterocycles. The lowest BCUT2D eigenvalue weighted by Gasteiger charge is -2.17. The molecular formula is C29H31N3O6S2. The van der Waals surface area contributed by atoms with E-state index in [1.165, 1.54) is 30.5 Å². The third-order valence-corrected chi connectivity index (χ3v) is 8.76. The summed E-state index contributed by atoms with van der Waals surface area (Å²) in [4.78, 5) is 17.2. The van der Waals surface area contributed by atoms with Crippen molar-refractivity contribution >= 4 is 42.6 Å². The van der Waals surface area contributed by atoms with Crippen LogP contribution in [0.15, 0.2) is 88.8 Å². The molecule has 40 heavy (non-hydrogen) atoms. The molecule has 1 aliphatic heterocycles. The SMILES string of the molecule is CS(=O)(=O)c1ccc(C=O)cc1.CS(=O)(=O)c1ccc(CN2CC[C@H](Oc3ccc4c(N)nccc4c3)C2)cc1. The highest BCUT2D eigenvalue weighted by Gasteiger charge is 2.24. The smallest absolute Gasteiger partial charge is 0.175 e. The van der Waals surface area contributed by atoms with Gasteiger partial charge in [-0.1, -0.05) is 24.3 Å². The summed E-state index contributed by atoms with van der Waals surface area (Å²) in [5, 5.41) is 1.95. The molecule has 2 N–H and O–H groups in total. The van der Waals surface area contributed by atoms with Gasteiger partial charge in [0.2, 0.25) is 0 Å². The Morgan fingerprint density at radius 3 is 2.15 bits per heavy atom. The van der Waals surface area contributed by atoms with Gasteiger partial charge in [0.15, 0.2) is 19.7 Å². The average Bonchev–Trinajstić information content (AvgIpc) is 3.35. The number of hydrogen-bond donors (Lipinski definition) is 1. The number of ether oxygens (including phenoxy) is 1. The van der Waals surface area contributed by atoms with Crippen molar-refractivity contribution in [2.45, 2.75) is 28.9 Å². The first-order valence-electron chi connectivity index (χ1n) is 12.5. The Morgan fingerprint density at radius 1 is 0.925 bits per heavy atom. The number of anilines is 1. The minimum Gasteiger partial charge on any atom is -0.489 e. The van der Waals surface area contributed by atoms with E-state index in [0.29, 0.717) is 22.6 Å². The number of nitrogens with two attached hydrogens (primary N) is 1. The molecule has 210 valence electrons. The third kappa shape index (κ3) is 7.65. The second-order valence-corrected chi connectivity index (χ2v) is 13.7. The number of nitrogen functional groups attached to an aromatic ring is 1. The fraction of sp³-hybridized carbons (Fsp3) is 0.241. The molecule has 0 unspecified atom stereocenters. The zero-order valence-electron chi connectivity index (χ0n) is 22.2. The number of sulfone groups is 2. The van der Waals surface area contributed by atoms with Crippen LogP contribution in [0.3, 0.4) is 0 Å². The van der Waals surface area contributed by atoms with Gasteiger partial charge in [0, 0.05) is 49.3 Å². The zero-order chi connectivity index (χ0) is 28.9. The molecule has 5 rings (SSSR count). The van der Waals surface area contributed by atoms with Gasteiger partial charge in [-0.25, -0.2) is 21.8 Å². The molecule has 1 fully saturated rings. The largest absolute Gasteiger partial charge is 0.489 e. The molecule has 0 saturated carbocycles. The lowest BCUT2D eigenvalue weighted by molar-refractivity contribution is 0.112. The topological polar surface area (TPSA) is 137 Å². The van der Waals surface area contributed by atoms with Gasteiger partial charge in [-0.2, -0.15) is 0 Å². The first-order valence-corrected chi connectivity index (χ1v) is 16.3. The fourth-order valence-corrected chi connectivity index (χ4v) is 5.64. The van der Waals surface area contributed by atoms with Crippen molar-refractivity contribution in [1.82, 2.24) is 9.88 Å². The van der Waals surface area contributed by atoms with Gasteiger partial charge >= 0.3 is 0 Å². The van der Waals surface area contributed by atoms with Gasteiger partial charge in [-0.15, -0.1) is 0 Å². The van der Waals surface area contributed by atoms with Crippen LogP contribution in [0.5, 0.6) is 5.75 Å². The number of hydrogen-bond acceptors (Lipinski definition) is 9. The molecule has 0 bridgehead atoms. The lowest BCUT2D eigenvalue weighted by atomic mass is 10.1. The molecule has 3 aromatic carbocycles. The molecule has 0 spiro atoms. The van der Waals surface area contributed by atoms with Gasteiger partial charge < -0.3 is 10.5 Å². The molecule has 0 radical (unpaired) electrons. The van der Waals surface area contributed by atoms with Gasteiger partial charge in [0.05, 0.1) is 9.79 Å². The van der Waals surface area contributed by atoms with Crippen LogP contribution in [0, 0.1) is 0 Å². The molecule has 1 aliphatic rings. The number of rotatable bonds is 7.